The average molecular weight is 328 g/mol. The Labute approximate surface area is 119 Å². The lowest BCUT2D eigenvalue weighted by Crippen LogP contribution is -2.59. The van der Waals surface area contributed by atoms with E-state index in [9.17, 15) is 14.7 Å². The van der Waals surface area contributed by atoms with Gasteiger partial charge in [-0.1, -0.05) is 28.1 Å². The molecule has 0 unspecified atom stereocenters. The van der Waals surface area contributed by atoms with E-state index in [1.807, 2.05) is 24.3 Å². The van der Waals surface area contributed by atoms with E-state index in [0.29, 0.717) is 6.54 Å². The summed E-state index contributed by atoms with van der Waals surface area (Å²) in [6.45, 7) is 0.277. The van der Waals surface area contributed by atoms with Crippen molar-refractivity contribution < 1.29 is 19.4 Å². The van der Waals surface area contributed by atoms with Crippen LogP contribution >= 0.6 is 15.9 Å². The first-order valence-corrected chi connectivity index (χ1v) is 6.56. The van der Waals surface area contributed by atoms with E-state index in [1.54, 1.807) is 7.05 Å². The van der Waals surface area contributed by atoms with E-state index in [-0.39, 0.29) is 13.2 Å². The van der Waals surface area contributed by atoms with Crippen molar-refractivity contribution >= 4 is 27.8 Å². The van der Waals surface area contributed by atoms with Crippen LogP contribution in [0.2, 0.25) is 0 Å². The van der Waals surface area contributed by atoms with Crippen molar-refractivity contribution in [3.63, 3.8) is 0 Å². The summed E-state index contributed by atoms with van der Waals surface area (Å²) in [6, 6.07) is 7.54. The zero-order valence-corrected chi connectivity index (χ0v) is 12.0. The van der Waals surface area contributed by atoms with Crippen LogP contribution in [0.15, 0.2) is 28.7 Å². The molecule has 0 bridgehead atoms. The maximum atomic E-state index is 12.2. The van der Waals surface area contributed by atoms with Gasteiger partial charge < -0.3 is 14.7 Å². The van der Waals surface area contributed by atoms with Gasteiger partial charge in [-0.05, 0) is 17.7 Å². The first-order valence-electron chi connectivity index (χ1n) is 5.77. The smallest absolute Gasteiger partial charge is 0.324 e. The third kappa shape index (κ3) is 2.64. The van der Waals surface area contributed by atoms with Gasteiger partial charge in [0.15, 0.2) is 5.41 Å². The summed E-state index contributed by atoms with van der Waals surface area (Å²) in [6.07, 6.45) is 0. The molecule has 5 nitrogen and oxygen atoms in total. The average Bonchev–Trinajstić information content (AvgIpc) is 2.30. The van der Waals surface area contributed by atoms with E-state index < -0.39 is 17.3 Å². The van der Waals surface area contributed by atoms with Gasteiger partial charge in [-0.15, -0.1) is 0 Å². The Hall–Kier alpha value is -1.40. The van der Waals surface area contributed by atoms with Crippen LogP contribution in [-0.2, 0) is 20.9 Å². The Morgan fingerprint density at radius 1 is 1.37 bits per heavy atom. The van der Waals surface area contributed by atoms with Gasteiger partial charge in [0.1, 0.15) is 0 Å². The fourth-order valence-electron chi connectivity index (χ4n) is 1.95. The van der Waals surface area contributed by atoms with Gasteiger partial charge in [0.05, 0.1) is 13.2 Å². The second kappa shape index (κ2) is 5.30. The maximum absolute atomic E-state index is 12.2. The number of hydrogen-bond donors (Lipinski definition) is 1. The van der Waals surface area contributed by atoms with E-state index in [0.717, 1.165) is 10.0 Å². The largest absolute Gasteiger partial charge is 0.480 e. The molecule has 1 fully saturated rings. The molecule has 0 aliphatic carbocycles. The summed E-state index contributed by atoms with van der Waals surface area (Å²) in [5.41, 5.74) is -0.454. The number of carbonyl (C=O) groups is 2. The molecule has 1 aliphatic heterocycles. The summed E-state index contributed by atoms with van der Waals surface area (Å²) in [5, 5.41) is 9.17. The highest BCUT2D eigenvalue weighted by molar-refractivity contribution is 9.10. The number of carbonyl (C=O) groups excluding carboxylic acids is 1. The second-order valence-electron chi connectivity index (χ2n) is 4.67. The zero-order chi connectivity index (χ0) is 14.0. The van der Waals surface area contributed by atoms with Crippen molar-refractivity contribution in [1.82, 2.24) is 4.90 Å². The summed E-state index contributed by atoms with van der Waals surface area (Å²) in [7, 11) is 1.60. The number of carboxylic acids is 1. The molecule has 2 rings (SSSR count). The summed E-state index contributed by atoms with van der Waals surface area (Å²) >= 11 is 3.34. The normalized spacial score (nSPS) is 16.5. The fourth-order valence-corrected chi connectivity index (χ4v) is 2.21. The summed E-state index contributed by atoms with van der Waals surface area (Å²) in [4.78, 5) is 24.9. The quantitative estimate of drug-likeness (QED) is 0.851. The number of carboxylic acid groups (broad SMARTS) is 1. The Morgan fingerprint density at radius 2 is 1.95 bits per heavy atom. The van der Waals surface area contributed by atoms with Crippen LogP contribution in [0.5, 0.6) is 0 Å². The van der Waals surface area contributed by atoms with Crippen molar-refractivity contribution in [3.8, 4) is 0 Å². The highest BCUT2D eigenvalue weighted by atomic mass is 79.9. The van der Waals surface area contributed by atoms with E-state index in [4.69, 9.17) is 4.74 Å². The minimum atomic E-state index is -1.40. The van der Waals surface area contributed by atoms with Crippen molar-refractivity contribution in [2.24, 2.45) is 5.41 Å². The van der Waals surface area contributed by atoms with Gasteiger partial charge in [0.25, 0.3) is 0 Å². The SMILES string of the molecule is CN(Cc1ccc(Br)cc1)C(=O)C1(C(=O)O)COC1. The molecule has 0 aromatic heterocycles. The van der Waals surface area contributed by atoms with Crippen molar-refractivity contribution in [3.05, 3.63) is 34.3 Å². The van der Waals surface area contributed by atoms with Crippen LogP contribution in [0.3, 0.4) is 0 Å². The molecule has 1 heterocycles. The lowest BCUT2D eigenvalue weighted by molar-refractivity contribution is -0.190. The number of ether oxygens (including phenoxy) is 1. The monoisotopic (exact) mass is 327 g/mol. The number of benzene rings is 1. The van der Waals surface area contributed by atoms with E-state index >= 15 is 0 Å². The Morgan fingerprint density at radius 3 is 2.37 bits per heavy atom. The molecule has 1 aliphatic rings. The van der Waals surface area contributed by atoms with Crippen LogP contribution in [0.1, 0.15) is 5.56 Å². The van der Waals surface area contributed by atoms with Crippen LogP contribution in [0, 0.1) is 5.41 Å². The third-order valence-electron chi connectivity index (χ3n) is 3.20. The van der Waals surface area contributed by atoms with Gasteiger partial charge in [-0.3, -0.25) is 9.59 Å². The molecule has 19 heavy (non-hydrogen) atoms. The van der Waals surface area contributed by atoms with Gasteiger partial charge >= 0.3 is 5.97 Å². The molecule has 0 spiro atoms. The maximum Gasteiger partial charge on any atom is 0.324 e. The molecule has 6 heteroatoms. The molecule has 1 saturated heterocycles. The lowest BCUT2D eigenvalue weighted by atomic mass is 9.84. The molecule has 0 saturated carbocycles. The Balaban J connectivity index is 2.07. The van der Waals surface area contributed by atoms with Gasteiger partial charge in [-0.2, -0.15) is 0 Å². The van der Waals surface area contributed by atoms with E-state index in [1.165, 1.54) is 4.90 Å². The molecular formula is C13H14BrNO4. The highest BCUT2D eigenvalue weighted by Crippen LogP contribution is 2.30. The summed E-state index contributed by atoms with van der Waals surface area (Å²) in [5.74, 6) is -1.53. The van der Waals surface area contributed by atoms with Gasteiger partial charge in [-0.25, -0.2) is 0 Å². The molecule has 0 radical (unpaired) electrons. The first kappa shape index (κ1) is 14.0. The molecule has 0 atom stereocenters. The summed E-state index contributed by atoms with van der Waals surface area (Å²) < 4.78 is 5.86. The minimum absolute atomic E-state index is 0.0498. The predicted octanol–water partition coefficient (Wildman–Crippen LogP) is 1.51. The number of rotatable bonds is 4. The molecule has 1 aromatic rings. The first-order chi connectivity index (χ1) is 8.95. The molecule has 1 aromatic carbocycles. The van der Waals surface area contributed by atoms with Gasteiger partial charge in [0, 0.05) is 18.1 Å². The number of amides is 1. The number of hydrogen-bond acceptors (Lipinski definition) is 3. The zero-order valence-electron chi connectivity index (χ0n) is 10.4. The number of halogens is 1. The fraction of sp³-hybridized carbons (Fsp3) is 0.385. The van der Waals surface area contributed by atoms with Crippen molar-refractivity contribution in [2.45, 2.75) is 6.54 Å². The molecule has 1 N–H and O–H groups in total. The van der Waals surface area contributed by atoms with Gasteiger partial charge in [0.2, 0.25) is 5.91 Å². The van der Waals surface area contributed by atoms with Crippen LogP contribution in [-0.4, -0.2) is 42.1 Å². The molecular weight excluding hydrogens is 314 g/mol. The van der Waals surface area contributed by atoms with Crippen LogP contribution < -0.4 is 0 Å². The predicted molar refractivity (Wildman–Crippen MR) is 71.5 cm³/mol. The Bertz CT molecular complexity index is 496. The molecule has 102 valence electrons. The van der Waals surface area contributed by atoms with E-state index in [2.05, 4.69) is 15.9 Å². The lowest BCUT2D eigenvalue weighted by Gasteiger charge is -2.38. The number of aliphatic carboxylic acids is 1. The topological polar surface area (TPSA) is 66.8 Å². The standard InChI is InChI=1S/C13H14BrNO4/c1-15(6-9-2-4-10(14)5-3-9)11(16)13(12(17)18)7-19-8-13/h2-5H,6-8H2,1H3,(H,17,18). The van der Waals surface area contributed by atoms with Crippen molar-refractivity contribution in [1.29, 1.82) is 0 Å². The highest BCUT2D eigenvalue weighted by Gasteiger charge is 2.54. The molecule has 1 amide bonds. The number of nitrogens with zero attached hydrogens (tertiary/aromatic N) is 1. The Kier molecular flexibility index (Phi) is 3.91. The second-order valence-corrected chi connectivity index (χ2v) is 5.58. The van der Waals surface area contributed by atoms with Crippen LogP contribution in [0.4, 0.5) is 0 Å². The van der Waals surface area contributed by atoms with Crippen molar-refractivity contribution in [2.75, 3.05) is 20.3 Å². The third-order valence-corrected chi connectivity index (χ3v) is 3.72. The minimum Gasteiger partial charge on any atom is -0.480 e. The van der Waals surface area contributed by atoms with Crippen LogP contribution in [0.25, 0.3) is 0 Å².